The van der Waals surface area contributed by atoms with E-state index >= 15 is 0 Å². The maximum atomic E-state index is 4.90. The van der Waals surface area contributed by atoms with Crippen molar-refractivity contribution in [3.8, 4) is 0 Å². The normalized spacial score (nSPS) is 14.7. The second kappa shape index (κ2) is 8.88. The van der Waals surface area contributed by atoms with Crippen molar-refractivity contribution in [3.05, 3.63) is 90.6 Å². The molecule has 1 fully saturated rings. The van der Waals surface area contributed by atoms with Gasteiger partial charge in [0.25, 0.3) is 0 Å². The summed E-state index contributed by atoms with van der Waals surface area (Å²) >= 11 is 0. The number of aliphatic imine (C=N–C) groups is 1. The quantitative estimate of drug-likeness (QED) is 0.353. The zero-order chi connectivity index (χ0) is 20.1. The lowest BCUT2D eigenvalue weighted by Gasteiger charge is -2.26. The second-order valence-corrected chi connectivity index (χ2v) is 7.51. The first-order valence-electron chi connectivity index (χ1n) is 10.0. The summed E-state index contributed by atoms with van der Waals surface area (Å²) in [7, 11) is 0. The van der Waals surface area contributed by atoms with E-state index in [0.717, 1.165) is 35.0 Å². The van der Waals surface area contributed by atoms with Crippen molar-refractivity contribution in [2.45, 2.75) is 33.6 Å². The van der Waals surface area contributed by atoms with Gasteiger partial charge in [0.2, 0.25) is 0 Å². The van der Waals surface area contributed by atoms with Gasteiger partial charge in [-0.1, -0.05) is 43.5 Å². The number of anilines is 2. The van der Waals surface area contributed by atoms with Gasteiger partial charge in [0.15, 0.2) is 0 Å². The summed E-state index contributed by atoms with van der Waals surface area (Å²) in [4.78, 5) is 7.33. The standard InChI is InChI=1S/C26H30N2/c1-6-22(7-2)25(8-3)27-26-17-24(15-12-20(26)5)28(18-21-13-14-21)23-11-9-10-19(4)16-23/h6-12,15-17,21H,1,3,13-14,18H2,2,4-5H3/b22-7+,27-25?. The minimum Gasteiger partial charge on any atom is -0.341 e. The van der Waals surface area contributed by atoms with Crippen LogP contribution in [-0.4, -0.2) is 12.3 Å². The number of hydrogen-bond acceptors (Lipinski definition) is 2. The van der Waals surface area contributed by atoms with Crippen molar-refractivity contribution in [2.24, 2.45) is 10.9 Å². The van der Waals surface area contributed by atoms with Crippen LogP contribution in [0, 0.1) is 19.8 Å². The van der Waals surface area contributed by atoms with Gasteiger partial charge in [-0.2, -0.15) is 0 Å². The molecular weight excluding hydrogens is 340 g/mol. The fourth-order valence-electron chi connectivity index (χ4n) is 3.33. The van der Waals surface area contributed by atoms with Crippen LogP contribution in [0.5, 0.6) is 0 Å². The van der Waals surface area contributed by atoms with E-state index in [1.165, 1.54) is 29.8 Å². The van der Waals surface area contributed by atoms with E-state index in [9.17, 15) is 0 Å². The first-order chi connectivity index (χ1) is 13.5. The Morgan fingerprint density at radius 1 is 1.07 bits per heavy atom. The lowest BCUT2D eigenvalue weighted by Crippen LogP contribution is -2.20. The molecule has 0 saturated heterocycles. The number of hydrogen-bond donors (Lipinski definition) is 0. The molecule has 2 aromatic carbocycles. The zero-order valence-corrected chi connectivity index (χ0v) is 17.3. The Balaban J connectivity index is 2.04. The Labute approximate surface area is 169 Å². The van der Waals surface area contributed by atoms with Crippen LogP contribution in [0.25, 0.3) is 0 Å². The summed E-state index contributed by atoms with van der Waals surface area (Å²) in [5.41, 5.74) is 7.68. The molecule has 0 amide bonds. The van der Waals surface area contributed by atoms with Crippen LogP contribution < -0.4 is 4.90 Å². The molecule has 2 heteroatoms. The molecule has 0 bridgehead atoms. The maximum Gasteiger partial charge on any atom is 0.0699 e. The Bertz CT molecular complexity index is 929. The molecule has 3 rings (SSSR count). The van der Waals surface area contributed by atoms with Gasteiger partial charge in [-0.25, -0.2) is 4.99 Å². The van der Waals surface area contributed by atoms with Crippen LogP contribution in [0.15, 0.2) is 84.4 Å². The van der Waals surface area contributed by atoms with E-state index in [4.69, 9.17) is 4.99 Å². The largest absolute Gasteiger partial charge is 0.341 e. The van der Waals surface area contributed by atoms with Gasteiger partial charge in [-0.3, -0.25) is 0 Å². The summed E-state index contributed by atoms with van der Waals surface area (Å²) in [5, 5.41) is 0. The molecule has 0 aromatic heterocycles. The summed E-state index contributed by atoms with van der Waals surface area (Å²) in [5.74, 6) is 0.785. The number of benzene rings is 2. The molecule has 0 radical (unpaired) electrons. The van der Waals surface area contributed by atoms with E-state index in [-0.39, 0.29) is 0 Å². The third kappa shape index (κ3) is 4.69. The van der Waals surface area contributed by atoms with Gasteiger partial charge in [0.05, 0.1) is 11.4 Å². The van der Waals surface area contributed by atoms with Crippen molar-refractivity contribution >= 4 is 22.8 Å². The Morgan fingerprint density at radius 3 is 2.43 bits per heavy atom. The van der Waals surface area contributed by atoms with Crippen LogP contribution in [0.3, 0.4) is 0 Å². The average Bonchev–Trinajstić information content (AvgIpc) is 3.52. The van der Waals surface area contributed by atoms with Crippen molar-refractivity contribution in [1.82, 2.24) is 0 Å². The van der Waals surface area contributed by atoms with Gasteiger partial charge < -0.3 is 4.90 Å². The van der Waals surface area contributed by atoms with E-state index in [2.05, 4.69) is 74.4 Å². The van der Waals surface area contributed by atoms with Crippen LogP contribution in [-0.2, 0) is 0 Å². The molecule has 0 aliphatic heterocycles. The van der Waals surface area contributed by atoms with E-state index in [1.807, 2.05) is 19.1 Å². The highest BCUT2D eigenvalue weighted by Gasteiger charge is 2.25. The Morgan fingerprint density at radius 2 is 1.82 bits per heavy atom. The van der Waals surface area contributed by atoms with E-state index in [1.54, 1.807) is 6.08 Å². The minimum atomic E-state index is 0.785. The van der Waals surface area contributed by atoms with Crippen LogP contribution in [0.4, 0.5) is 17.1 Å². The summed E-state index contributed by atoms with van der Waals surface area (Å²) in [6, 6.07) is 15.3. The predicted molar refractivity (Wildman–Crippen MR) is 123 cm³/mol. The molecule has 1 aliphatic rings. The minimum absolute atomic E-state index is 0.785. The summed E-state index contributed by atoms with van der Waals surface area (Å²) < 4.78 is 0. The molecule has 28 heavy (non-hydrogen) atoms. The Hall–Kier alpha value is -2.87. The highest BCUT2D eigenvalue weighted by atomic mass is 15.1. The van der Waals surface area contributed by atoms with E-state index < -0.39 is 0 Å². The van der Waals surface area contributed by atoms with Gasteiger partial charge in [-0.05, 0) is 86.6 Å². The molecule has 144 valence electrons. The highest BCUT2D eigenvalue weighted by molar-refractivity contribution is 6.11. The summed E-state index contributed by atoms with van der Waals surface area (Å²) in [6.07, 6.45) is 8.28. The zero-order valence-electron chi connectivity index (χ0n) is 17.3. The van der Waals surface area contributed by atoms with Gasteiger partial charge in [-0.15, -0.1) is 0 Å². The third-order valence-corrected chi connectivity index (χ3v) is 5.22. The van der Waals surface area contributed by atoms with Gasteiger partial charge in [0, 0.05) is 17.9 Å². The lowest BCUT2D eigenvalue weighted by molar-refractivity contribution is 0.813. The third-order valence-electron chi connectivity index (χ3n) is 5.22. The van der Waals surface area contributed by atoms with Crippen molar-refractivity contribution in [3.63, 3.8) is 0 Å². The first-order valence-corrected chi connectivity index (χ1v) is 10.0. The second-order valence-electron chi connectivity index (χ2n) is 7.51. The van der Waals surface area contributed by atoms with Crippen molar-refractivity contribution < 1.29 is 0 Å². The maximum absolute atomic E-state index is 4.90. The molecule has 2 nitrogen and oxygen atoms in total. The number of allylic oxidation sites excluding steroid dienone is 4. The van der Waals surface area contributed by atoms with E-state index in [0.29, 0.717) is 0 Å². The summed E-state index contributed by atoms with van der Waals surface area (Å²) in [6.45, 7) is 15.1. The van der Waals surface area contributed by atoms with Gasteiger partial charge >= 0.3 is 0 Å². The van der Waals surface area contributed by atoms with Crippen molar-refractivity contribution in [2.75, 3.05) is 11.4 Å². The smallest absolute Gasteiger partial charge is 0.0699 e. The molecular formula is C26H30N2. The molecule has 0 atom stereocenters. The monoisotopic (exact) mass is 370 g/mol. The van der Waals surface area contributed by atoms with Crippen LogP contribution >= 0.6 is 0 Å². The Kier molecular flexibility index (Phi) is 6.30. The molecule has 0 unspecified atom stereocenters. The topological polar surface area (TPSA) is 15.6 Å². The SMILES string of the molecule is C=CC(=Nc1cc(N(CC2CC2)c2cccc(C)c2)ccc1C)/C(C=C)=C/C. The first kappa shape index (κ1) is 19.9. The molecule has 0 heterocycles. The fraction of sp³-hybridized carbons (Fsp3) is 0.269. The van der Waals surface area contributed by atoms with Crippen LogP contribution in [0.1, 0.15) is 30.9 Å². The number of aryl methyl sites for hydroxylation is 2. The molecule has 2 aromatic rings. The molecule has 1 saturated carbocycles. The molecule has 1 aliphatic carbocycles. The number of nitrogens with zero attached hydrogens (tertiary/aromatic N) is 2. The average molecular weight is 371 g/mol. The number of rotatable bonds is 8. The van der Waals surface area contributed by atoms with Crippen molar-refractivity contribution in [1.29, 1.82) is 0 Å². The fourth-order valence-corrected chi connectivity index (χ4v) is 3.33. The lowest BCUT2D eigenvalue weighted by atomic mass is 10.1. The molecule has 0 N–H and O–H groups in total. The highest BCUT2D eigenvalue weighted by Crippen LogP contribution is 2.37. The van der Waals surface area contributed by atoms with Crippen LogP contribution in [0.2, 0.25) is 0 Å². The van der Waals surface area contributed by atoms with Gasteiger partial charge in [0.1, 0.15) is 0 Å². The molecule has 0 spiro atoms. The predicted octanol–water partition coefficient (Wildman–Crippen LogP) is 7.24.